The van der Waals surface area contributed by atoms with Crippen molar-refractivity contribution in [2.45, 2.75) is 6.04 Å². The minimum absolute atomic E-state index is 0.156. The number of ether oxygens (including phenoxy) is 1. The Labute approximate surface area is 102 Å². The van der Waals surface area contributed by atoms with Gasteiger partial charge in [0, 0.05) is 11.1 Å². The minimum Gasteiger partial charge on any atom is -0.475 e. The first-order chi connectivity index (χ1) is 8.68. The number of azo groups is 1. The van der Waals surface area contributed by atoms with E-state index in [0.29, 0.717) is 11.3 Å². The third kappa shape index (κ3) is 1.42. The largest absolute Gasteiger partial charge is 0.475 e. The molecule has 1 aromatic carbocycles. The Morgan fingerprint density at radius 3 is 2.89 bits per heavy atom. The van der Waals surface area contributed by atoms with Crippen LogP contribution in [0.2, 0.25) is 0 Å². The molecule has 6 nitrogen and oxygen atoms in total. The number of aliphatic carboxylic acids is 1. The molecule has 2 heterocycles. The highest BCUT2D eigenvalue weighted by Crippen LogP contribution is 2.42. The van der Waals surface area contributed by atoms with Crippen molar-refractivity contribution in [2.24, 2.45) is 10.2 Å². The molecule has 0 fully saturated rings. The van der Waals surface area contributed by atoms with Crippen molar-refractivity contribution < 1.29 is 19.4 Å². The van der Waals surface area contributed by atoms with Gasteiger partial charge in [-0.25, -0.2) is 4.79 Å². The van der Waals surface area contributed by atoms with Crippen molar-refractivity contribution in [3.8, 4) is 5.75 Å². The lowest BCUT2D eigenvalue weighted by Gasteiger charge is -2.22. The minimum atomic E-state index is -1.54. The fraction of sp³-hybridized carbons (Fsp3) is 0.167. The standard InChI is InChI=1S/C12H8N2O4/c15-10(12(16)17)11-7-5-13-14-9(7)6-3-1-2-4-8(6)18-11/h1-4,9H,5H2,(H,16,17). The number of benzene rings is 1. The van der Waals surface area contributed by atoms with Gasteiger partial charge in [0.25, 0.3) is 0 Å². The number of carboxylic acids is 1. The van der Waals surface area contributed by atoms with Gasteiger partial charge in [-0.15, -0.1) is 0 Å². The van der Waals surface area contributed by atoms with Crippen LogP contribution in [-0.2, 0) is 9.59 Å². The van der Waals surface area contributed by atoms with Gasteiger partial charge in [-0.3, -0.25) is 4.79 Å². The summed E-state index contributed by atoms with van der Waals surface area (Å²) in [5, 5.41) is 16.7. The van der Waals surface area contributed by atoms with E-state index in [1.807, 2.05) is 12.1 Å². The molecule has 1 N–H and O–H groups in total. The Kier molecular flexibility index (Phi) is 2.22. The van der Waals surface area contributed by atoms with Crippen molar-refractivity contribution >= 4 is 11.8 Å². The number of rotatable bonds is 2. The van der Waals surface area contributed by atoms with E-state index >= 15 is 0 Å². The molecule has 1 aromatic rings. The summed E-state index contributed by atoms with van der Waals surface area (Å²) in [7, 11) is 0. The molecule has 2 aliphatic rings. The summed E-state index contributed by atoms with van der Waals surface area (Å²) in [6.07, 6.45) is 0. The first-order valence-corrected chi connectivity index (χ1v) is 5.32. The molecule has 1 unspecified atom stereocenters. The molecule has 0 bridgehead atoms. The predicted molar refractivity (Wildman–Crippen MR) is 59.2 cm³/mol. The molecule has 2 aliphatic heterocycles. The average molecular weight is 244 g/mol. The molecule has 0 spiro atoms. The second-order valence-corrected chi connectivity index (χ2v) is 3.95. The first kappa shape index (κ1) is 10.6. The van der Waals surface area contributed by atoms with E-state index in [9.17, 15) is 9.59 Å². The highest BCUT2D eigenvalue weighted by molar-refractivity contribution is 6.39. The van der Waals surface area contributed by atoms with Crippen LogP contribution in [0.5, 0.6) is 5.75 Å². The molecular formula is C12H8N2O4. The number of hydrogen-bond donors (Lipinski definition) is 1. The Morgan fingerprint density at radius 2 is 2.11 bits per heavy atom. The van der Waals surface area contributed by atoms with E-state index in [2.05, 4.69) is 10.2 Å². The van der Waals surface area contributed by atoms with E-state index in [4.69, 9.17) is 9.84 Å². The van der Waals surface area contributed by atoms with Gasteiger partial charge in [-0.2, -0.15) is 10.2 Å². The van der Waals surface area contributed by atoms with Crippen LogP contribution >= 0.6 is 0 Å². The number of carboxylic acid groups (broad SMARTS) is 1. The van der Waals surface area contributed by atoms with Crippen molar-refractivity contribution in [1.82, 2.24) is 0 Å². The van der Waals surface area contributed by atoms with E-state index in [1.54, 1.807) is 12.1 Å². The van der Waals surface area contributed by atoms with Crippen LogP contribution in [0, 0.1) is 0 Å². The first-order valence-electron chi connectivity index (χ1n) is 5.32. The molecule has 0 saturated carbocycles. The summed E-state index contributed by atoms with van der Waals surface area (Å²) in [6.45, 7) is 0.202. The summed E-state index contributed by atoms with van der Waals surface area (Å²) in [5.41, 5.74) is 1.32. The molecule has 3 rings (SSSR count). The molecule has 0 saturated heterocycles. The highest BCUT2D eigenvalue weighted by atomic mass is 16.5. The number of hydrogen-bond acceptors (Lipinski definition) is 5. The van der Waals surface area contributed by atoms with E-state index in [0.717, 1.165) is 5.56 Å². The van der Waals surface area contributed by atoms with Crippen LogP contribution in [0.1, 0.15) is 11.6 Å². The highest BCUT2D eigenvalue weighted by Gasteiger charge is 2.37. The van der Waals surface area contributed by atoms with Gasteiger partial charge in [-0.1, -0.05) is 18.2 Å². The van der Waals surface area contributed by atoms with Crippen LogP contribution in [0.25, 0.3) is 0 Å². The molecule has 0 aliphatic carbocycles. The Morgan fingerprint density at radius 1 is 1.33 bits per heavy atom. The monoisotopic (exact) mass is 244 g/mol. The van der Waals surface area contributed by atoms with Crippen LogP contribution in [0.4, 0.5) is 0 Å². The average Bonchev–Trinajstić information content (AvgIpc) is 2.86. The fourth-order valence-corrected chi connectivity index (χ4v) is 2.06. The second-order valence-electron chi connectivity index (χ2n) is 3.95. The molecule has 0 radical (unpaired) electrons. The summed E-state index contributed by atoms with van der Waals surface area (Å²) in [5.74, 6) is -2.30. The van der Waals surface area contributed by atoms with Crippen LogP contribution in [0.3, 0.4) is 0 Å². The van der Waals surface area contributed by atoms with E-state index < -0.39 is 17.8 Å². The molecule has 18 heavy (non-hydrogen) atoms. The zero-order valence-electron chi connectivity index (χ0n) is 9.16. The predicted octanol–water partition coefficient (Wildman–Crippen LogP) is 1.49. The van der Waals surface area contributed by atoms with Gasteiger partial charge in [0.15, 0.2) is 5.76 Å². The summed E-state index contributed by atoms with van der Waals surface area (Å²) >= 11 is 0. The van der Waals surface area contributed by atoms with Gasteiger partial charge in [0.2, 0.25) is 0 Å². The van der Waals surface area contributed by atoms with Gasteiger partial charge in [0.1, 0.15) is 11.8 Å². The van der Waals surface area contributed by atoms with Crippen molar-refractivity contribution in [3.63, 3.8) is 0 Å². The zero-order valence-corrected chi connectivity index (χ0v) is 9.16. The summed E-state index contributed by atoms with van der Waals surface area (Å²) < 4.78 is 5.40. The lowest BCUT2D eigenvalue weighted by atomic mass is 9.95. The molecular weight excluding hydrogens is 236 g/mol. The van der Waals surface area contributed by atoms with Crippen molar-refractivity contribution in [1.29, 1.82) is 0 Å². The van der Waals surface area contributed by atoms with Crippen molar-refractivity contribution in [2.75, 3.05) is 6.54 Å². The van der Waals surface area contributed by atoms with Crippen LogP contribution in [-0.4, -0.2) is 23.4 Å². The number of carbonyl (C=O) groups excluding carboxylic acids is 1. The van der Waals surface area contributed by atoms with Crippen LogP contribution < -0.4 is 4.74 Å². The number of ketones is 1. The lowest BCUT2D eigenvalue weighted by Crippen LogP contribution is -2.25. The molecule has 6 heteroatoms. The fourth-order valence-electron chi connectivity index (χ4n) is 2.06. The number of Topliss-reactive ketones (excluding diaryl/α,β-unsaturated/α-hetero) is 1. The van der Waals surface area contributed by atoms with Crippen molar-refractivity contribution in [3.05, 3.63) is 41.2 Å². The van der Waals surface area contributed by atoms with Crippen LogP contribution in [0.15, 0.2) is 45.8 Å². The van der Waals surface area contributed by atoms with Gasteiger partial charge >= 0.3 is 11.8 Å². The normalized spacial score (nSPS) is 20.1. The molecule has 0 aromatic heterocycles. The summed E-state index contributed by atoms with van der Waals surface area (Å²) in [6, 6.07) is 6.69. The number of nitrogens with zero attached hydrogens (tertiary/aromatic N) is 2. The van der Waals surface area contributed by atoms with E-state index in [1.165, 1.54) is 0 Å². The number of para-hydroxylation sites is 1. The van der Waals surface area contributed by atoms with Gasteiger partial charge in [-0.05, 0) is 6.07 Å². The smallest absolute Gasteiger partial charge is 0.380 e. The van der Waals surface area contributed by atoms with Gasteiger partial charge in [0.05, 0.1) is 6.54 Å². The maximum absolute atomic E-state index is 11.6. The number of carbonyl (C=O) groups is 2. The van der Waals surface area contributed by atoms with Gasteiger partial charge < -0.3 is 9.84 Å². The zero-order chi connectivity index (χ0) is 12.7. The third-order valence-corrected chi connectivity index (χ3v) is 2.89. The molecule has 90 valence electrons. The Bertz CT molecular complexity index is 618. The topological polar surface area (TPSA) is 88.3 Å². The maximum Gasteiger partial charge on any atom is 0.380 e. The second kappa shape index (κ2) is 3.76. The summed E-state index contributed by atoms with van der Waals surface area (Å²) in [4.78, 5) is 22.4. The Hall–Kier alpha value is -2.50. The maximum atomic E-state index is 11.6. The number of fused-ring (bicyclic) bond motifs is 3. The van der Waals surface area contributed by atoms with E-state index in [-0.39, 0.29) is 12.3 Å². The lowest BCUT2D eigenvalue weighted by molar-refractivity contribution is -0.148. The SMILES string of the molecule is O=C(O)C(=O)C1=C2CN=NC2c2ccccc2O1. The third-order valence-electron chi connectivity index (χ3n) is 2.89. The molecule has 1 atom stereocenters. The Balaban J connectivity index is 2.13. The molecule has 0 amide bonds. The quantitative estimate of drug-likeness (QED) is 0.798.